The molecule has 0 fully saturated rings. The number of ether oxygens (including phenoxy) is 1. The minimum Gasteiger partial charge on any atom is -0.458 e. The molecular weight excluding hydrogens is 518 g/mol. The Balaban J connectivity index is 1.24. The molecule has 3 heterocycles. The number of non-ortho nitro benzene ring substituents is 1. The maximum atomic E-state index is 13.2. The molecule has 1 unspecified atom stereocenters. The Morgan fingerprint density at radius 2 is 1.98 bits per heavy atom. The highest BCUT2D eigenvalue weighted by Crippen LogP contribution is 2.33. The van der Waals surface area contributed by atoms with Gasteiger partial charge in [-0.05, 0) is 42.7 Å². The van der Waals surface area contributed by atoms with Gasteiger partial charge in [-0.1, -0.05) is 54.6 Å². The van der Waals surface area contributed by atoms with E-state index in [0.717, 1.165) is 29.1 Å². The van der Waals surface area contributed by atoms with Gasteiger partial charge in [0.25, 0.3) is 5.69 Å². The molecule has 0 radical (unpaired) electrons. The molecule has 1 atom stereocenters. The molecule has 0 spiro atoms. The molecule has 0 saturated heterocycles. The number of rotatable bonds is 9. The smallest absolute Gasteiger partial charge is 0.337 e. The average molecular weight is 548 g/mol. The molecule has 41 heavy (non-hydrogen) atoms. The number of esters is 1. The van der Waals surface area contributed by atoms with E-state index in [2.05, 4.69) is 27.4 Å². The second-order valence-corrected chi connectivity index (χ2v) is 9.75. The van der Waals surface area contributed by atoms with Gasteiger partial charge >= 0.3 is 5.97 Å². The summed E-state index contributed by atoms with van der Waals surface area (Å²) >= 11 is 0. The molecule has 206 valence electrons. The molecule has 0 saturated carbocycles. The largest absolute Gasteiger partial charge is 0.458 e. The van der Waals surface area contributed by atoms with Gasteiger partial charge in [0.05, 0.1) is 22.5 Å². The zero-order valence-corrected chi connectivity index (χ0v) is 22.7. The van der Waals surface area contributed by atoms with Gasteiger partial charge in [-0.3, -0.25) is 15.1 Å². The number of nitro groups is 1. The van der Waals surface area contributed by atoms with E-state index in [1.54, 1.807) is 36.9 Å². The van der Waals surface area contributed by atoms with Crippen LogP contribution < -0.4 is 5.32 Å². The number of imidazole rings is 1. The molecule has 1 aliphatic rings. The van der Waals surface area contributed by atoms with E-state index >= 15 is 0 Å². The van der Waals surface area contributed by atoms with Gasteiger partial charge in [-0.2, -0.15) is 0 Å². The summed E-state index contributed by atoms with van der Waals surface area (Å²) in [6, 6.07) is 18.2. The highest BCUT2D eigenvalue weighted by atomic mass is 16.6. The van der Waals surface area contributed by atoms with Crippen LogP contribution in [0.1, 0.15) is 36.5 Å². The van der Waals surface area contributed by atoms with E-state index in [0.29, 0.717) is 16.8 Å². The Morgan fingerprint density at radius 1 is 1.15 bits per heavy atom. The number of nitrogens with one attached hydrogen (secondary N) is 1. The Morgan fingerprint density at radius 3 is 2.68 bits per heavy atom. The van der Waals surface area contributed by atoms with Gasteiger partial charge < -0.3 is 14.6 Å². The first-order valence-electron chi connectivity index (χ1n) is 13.1. The summed E-state index contributed by atoms with van der Waals surface area (Å²) in [5.41, 5.74) is 6.41. The maximum Gasteiger partial charge on any atom is 0.337 e. The average Bonchev–Trinajstić information content (AvgIpc) is 3.49. The van der Waals surface area contributed by atoms with Crippen LogP contribution in [0.2, 0.25) is 0 Å². The maximum absolute atomic E-state index is 13.2. The number of carbonyl (C=O) groups is 1. The van der Waals surface area contributed by atoms with E-state index in [1.165, 1.54) is 17.7 Å². The molecule has 2 aromatic carbocycles. The molecule has 9 nitrogen and oxygen atoms in total. The molecule has 0 amide bonds. The fourth-order valence-corrected chi connectivity index (χ4v) is 4.76. The predicted octanol–water partition coefficient (Wildman–Crippen LogP) is 6.02. The topological polar surface area (TPSA) is 112 Å². The van der Waals surface area contributed by atoms with Crippen LogP contribution in [-0.4, -0.2) is 32.0 Å². The van der Waals surface area contributed by atoms with Gasteiger partial charge in [-0.15, -0.1) is 0 Å². The third-order valence-electron chi connectivity index (χ3n) is 6.76. The number of pyridine rings is 1. The summed E-state index contributed by atoms with van der Waals surface area (Å²) in [5.74, 6) is -0.755. The Bertz CT molecular complexity index is 1640. The van der Waals surface area contributed by atoms with Crippen LogP contribution in [0, 0.1) is 10.1 Å². The van der Waals surface area contributed by atoms with Crippen molar-refractivity contribution in [2.45, 2.75) is 26.3 Å². The fourth-order valence-electron chi connectivity index (χ4n) is 4.76. The second kappa shape index (κ2) is 12.3. The Hall–Kier alpha value is -5.31. The van der Waals surface area contributed by atoms with E-state index in [4.69, 9.17) is 4.74 Å². The third-order valence-corrected chi connectivity index (χ3v) is 6.76. The van der Waals surface area contributed by atoms with Crippen molar-refractivity contribution in [3.63, 3.8) is 0 Å². The van der Waals surface area contributed by atoms with Gasteiger partial charge in [0.1, 0.15) is 6.61 Å². The van der Waals surface area contributed by atoms with Crippen molar-refractivity contribution in [2.75, 3.05) is 6.61 Å². The van der Waals surface area contributed by atoms with Crippen LogP contribution >= 0.6 is 0 Å². The molecule has 1 aliphatic heterocycles. The van der Waals surface area contributed by atoms with Crippen LogP contribution in [0.5, 0.6) is 0 Å². The first kappa shape index (κ1) is 27.3. The number of carbonyl (C=O) groups excluding carboxylic acids is 1. The highest BCUT2D eigenvalue weighted by molar-refractivity contribution is 5.92. The molecule has 2 aromatic heterocycles. The molecule has 0 aliphatic carbocycles. The minimum atomic E-state index is -0.429. The Labute approximate surface area is 237 Å². The van der Waals surface area contributed by atoms with Crippen LogP contribution in [-0.2, 0) is 16.1 Å². The quantitative estimate of drug-likeness (QED) is 0.155. The van der Waals surface area contributed by atoms with Crippen molar-refractivity contribution in [1.29, 1.82) is 0 Å². The summed E-state index contributed by atoms with van der Waals surface area (Å²) in [6.45, 7) is 4.68. The van der Waals surface area contributed by atoms with Crippen molar-refractivity contribution in [3.05, 3.63) is 142 Å². The first-order chi connectivity index (χ1) is 19.9. The van der Waals surface area contributed by atoms with Crippen LogP contribution in [0.3, 0.4) is 0 Å². The lowest BCUT2D eigenvalue weighted by Crippen LogP contribution is -2.25. The summed E-state index contributed by atoms with van der Waals surface area (Å²) in [7, 11) is 0. The van der Waals surface area contributed by atoms with E-state index < -0.39 is 10.9 Å². The summed E-state index contributed by atoms with van der Waals surface area (Å²) in [6.07, 6.45) is 12.9. The molecular formula is C32H29N5O4. The number of nitro benzene ring substituents is 1. The van der Waals surface area contributed by atoms with Crippen LogP contribution in [0.25, 0.3) is 17.3 Å². The number of benzene rings is 2. The van der Waals surface area contributed by atoms with Crippen molar-refractivity contribution < 1.29 is 14.5 Å². The van der Waals surface area contributed by atoms with Gasteiger partial charge in [0.15, 0.2) is 0 Å². The summed E-state index contributed by atoms with van der Waals surface area (Å²) < 4.78 is 7.64. The third kappa shape index (κ3) is 6.65. The molecule has 4 aromatic rings. The van der Waals surface area contributed by atoms with Gasteiger partial charge in [0, 0.05) is 60.1 Å². The number of allylic oxidation sites excluding steroid dienone is 3. The van der Waals surface area contributed by atoms with E-state index in [-0.39, 0.29) is 18.2 Å². The predicted molar refractivity (Wildman–Crippen MR) is 156 cm³/mol. The molecule has 0 bridgehead atoms. The highest BCUT2D eigenvalue weighted by Gasteiger charge is 2.28. The number of hydrogen-bond donors (Lipinski definition) is 1. The number of hydrogen-bond acceptors (Lipinski definition) is 7. The zero-order chi connectivity index (χ0) is 28.8. The van der Waals surface area contributed by atoms with Crippen molar-refractivity contribution in [1.82, 2.24) is 19.9 Å². The van der Waals surface area contributed by atoms with E-state index in [9.17, 15) is 14.9 Å². The molecule has 1 N–H and O–H groups in total. The minimum absolute atomic E-state index is 0.00514. The monoisotopic (exact) mass is 547 g/mol. The number of nitrogens with zero attached hydrogens (tertiary/aromatic N) is 4. The second-order valence-electron chi connectivity index (χ2n) is 9.75. The summed E-state index contributed by atoms with van der Waals surface area (Å²) in [4.78, 5) is 32.5. The van der Waals surface area contributed by atoms with Crippen LogP contribution in [0.15, 0.2) is 115 Å². The zero-order valence-electron chi connectivity index (χ0n) is 22.7. The van der Waals surface area contributed by atoms with Gasteiger partial charge in [-0.25, -0.2) is 9.78 Å². The van der Waals surface area contributed by atoms with E-state index in [1.807, 2.05) is 61.0 Å². The normalized spacial score (nSPS) is 15.0. The van der Waals surface area contributed by atoms with Gasteiger partial charge in [0.2, 0.25) is 0 Å². The SMILES string of the molecule is CC1=CC(c2ccc(-c3cccc([N+](=O)[O-])c3)nc2)C(C(=O)OC/C=C/c2ccc(Cn3ccnc3)cc2)=C(C)N1. The van der Waals surface area contributed by atoms with Crippen LogP contribution in [0.4, 0.5) is 5.69 Å². The number of aromatic nitrogens is 3. The molecule has 9 heteroatoms. The lowest BCUT2D eigenvalue weighted by Gasteiger charge is -2.25. The lowest BCUT2D eigenvalue weighted by atomic mass is 9.87. The first-order valence-corrected chi connectivity index (χ1v) is 13.1. The van der Waals surface area contributed by atoms with Crippen molar-refractivity contribution in [3.8, 4) is 11.3 Å². The number of dihydropyridines is 1. The standard InChI is InChI=1S/C32H29N5O4/c1-22-17-29(27-12-13-30(34-19-27)26-6-3-7-28(18-26)37(39)40)31(23(2)35-22)32(38)41-16-4-5-24-8-10-25(11-9-24)20-36-15-14-33-21-36/h3-15,17-19,21,29,35H,16,20H2,1-2H3/b5-4+. The fraction of sp³-hybridized carbons (Fsp3) is 0.156. The summed E-state index contributed by atoms with van der Waals surface area (Å²) in [5, 5.41) is 14.4. The van der Waals surface area contributed by atoms with Crippen molar-refractivity contribution >= 4 is 17.7 Å². The van der Waals surface area contributed by atoms with Crippen molar-refractivity contribution in [2.24, 2.45) is 0 Å². The Kier molecular flexibility index (Phi) is 8.15. The lowest BCUT2D eigenvalue weighted by molar-refractivity contribution is -0.384. The molecule has 5 rings (SSSR count).